The lowest BCUT2D eigenvalue weighted by molar-refractivity contribution is 0.0628. The summed E-state index contributed by atoms with van der Waals surface area (Å²) in [5.74, 6) is 3.01. The molecule has 1 aliphatic rings. The molecule has 32 heavy (non-hydrogen) atoms. The zero-order chi connectivity index (χ0) is 22.4. The maximum atomic E-state index is 12.9. The van der Waals surface area contributed by atoms with E-state index in [0.717, 1.165) is 25.2 Å². The van der Waals surface area contributed by atoms with Crippen LogP contribution in [0, 0.1) is 0 Å². The van der Waals surface area contributed by atoms with Crippen LogP contribution in [-0.4, -0.2) is 77.4 Å². The highest BCUT2D eigenvalue weighted by Gasteiger charge is 2.24. The van der Waals surface area contributed by atoms with E-state index in [9.17, 15) is 4.79 Å². The van der Waals surface area contributed by atoms with Gasteiger partial charge in [0.15, 0.2) is 23.0 Å². The number of carbonyl (C=O) groups is 1. The molecule has 1 saturated heterocycles. The predicted molar refractivity (Wildman–Crippen MR) is 124 cm³/mol. The molecule has 0 radical (unpaired) electrons. The first-order valence-corrected chi connectivity index (χ1v) is 10.1. The molecular formula is C23H31ClN2O6. The molecule has 0 N–H and O–H groups in total. The highest BCUT2D eigenvalue weighted by molar-refractivity contribution is 5.95. The van der Waals surface area contributed by atoms with Gasteiger partial charge in [0, 0.05) is 38.3 Å². The van der Waals surface area contributed by atoms with Crippen molar-refractivity contribution in [1.29, 1.82) is 0 Å². The van der Waals surface area contributed by atoms with Gasteiger partial charge in [-0.3, -0.25) is 9.69 Å². The minimum Gasteiger partial charge on any atom is -0.493 e. The van der Waals surface area contributed by atoms with Crippen molar-refractivity contribution < 1.29 is 28.5 Å². The Labute approximate surface area is 195 Å². The van der Waals surface area contributed by atoms with Gasteiger partial charge < -0.3 is 28.6 Å². The maximum absolute atomic E-state index is 12.9. The number of hydrogen-bond acceptors (Lipinski definition) is 7. The van der Waals surface area contributed by atoms with Gasteiger partial charge >= 0.3 is 0 Å². The second-order valence-corrected chi connectivity index (χ2v) is 7.17. The summed E-state index contributed by atoms with van der Waals surface area (Å²) in [4.78, 5) is 17.1. The molecule has 9 heteroatoms. The Morgan fingerprint density at radius 3 is 1.81 bits per heavy atom. The van der Waals surface area contributed by atoms with E-state index in [1.165, 1.54) is 0 Å². The van der Waals surface area contributed by atoms with Gasteiger partial charge in [-0.15, -0.1) is 12.4 Å². The Hall–Kier alpha value is -2.84. The molecule has 0 spiro atoms. The average molecular weight is 467 g/mol. The first-order valence-electron chi connectivity index (χ1n) is 10.1. The van der Waals surface area contributed by atoms with Crippen molar-refractivity contribution in [2.75, 3.05) is 61.7 Å². The van der Waals surface area contributed by atoms with Gasteiger partial charge in [-0.25, -0.2) is 0 Å². The monoisotopic (exact) mass is 466 g/mol. The van der Waals surface area contributed by atoms with Gasteiger partial charge in [0.05, 0.1) is 35.5 Å². The van der Waals surface area contributed by atoms with Gasteiger partial charge in [0.25, 0.3) is 5.91 Å². The topological polar surface area (TPSA) is 69.7 Å². The van der Waals surface area contributed by atoms with E-state index in [-0.39, 0.29) is 18.3 Å². The van der Waals surface area contributed by atoms with Gasteiger partial charge in [0.2, 0.25) is 5.75 Å². The van der Waals surface area contributed by atoms with E-state index < -0.39 is 0 Å². The largest absolute Gasteiger partial charge is 0.493 e. The average Bonchev–Trinajstić information content (AvgIpc) is 2.82. The van der Waals surface area contributed by atoms with Crippen LogP contribution >= 0.6 is 12.4 Å². The summed E-state index contributed by atoms with van der Waals surface area (Å²) in [5, 5.41) is 0. The number of carbonyl (C=O) groups excluding carboxylic acids is 1. The molecule has 2 aromatic carbocycles. The van der Waals surface area contributed by atoms with Crippen LogP contribution in [0.5, 0.6) is 28.7 Å². The van der Waals surface area contributed by atoms with Gasteiger partial charge in [-0.2, -0.15) is 0 Å². The second-order valence-electron chi connectivity index (χ2n) is 7.17. The Morgan fingerprint density at radius 2 is 1.31 bits per heavy atom. The van der Waals surface area contributed by atoms with E-state index in [1.54, 1.807) is 53.7 Å². The Kier molecular flexibility index (Phi) is 9.28. The summed E-state index contributed by atoms with van der Waals surface area (Å²) in [6.07, 6.45) is 0. The number of piperazine rings is 1. The number of ether oxygens (including phenoxy) is 5. The number of methoxy groups -OCH3 is 5. The second kappa shape index (κ2) is 11.7. The third-order valence-electron chi connectivity index (χ3n) is 5.42. The Bertz CT molecular complexity index is 890. The SMILES string of the molecule is COc1ccc(C(=O)N2CCN(Cc3cc(OC)c(OC)c(OC)c3)CC2)cc1OC.Cl. The molecule has 1 heterocycles. The smallest absolute Gasteiger partial charge is 0.254 e. The van der Waals surface area contributed by atoms with Gasteiger partial charge in [-0.1, -0.05) is 0 Å². The summed E-state index contributed by atoms with van der Waals surface area (Å²) in [6.45, 7) is 3.58. The van der Waals surface area contributed by atoms with Crippen molar-refractivity contribution in [1.82, 2.24) is 9.80 Å². The molecule has 0 atom stereocenters. The van der Waals surface area contributed by atoms with Crippen molar-refractivity contribution in [2.24, 2.45) is 0 Å². The standard InChI is InChI=1S/C23H30N2O6.ClH/c1-27-18-7-6-17(14-19(18)28-2)23(26)25-10-8-24(9-11-25)15-16-12-20(29-3)22(31-5)21(13-16)30-4;/h6-7,12-14H,8-11,15H2,1-5H3;1H. The van der Waals surface area contributed by atoms with Crippen LogP contribution in [0.1, 0.15) is 15.9 Å². The van der Waals surface area contributed by atoms with E-state index in [0.29, 0.717) is 47.4 Å². The fourth-order valence-electron chi connectivity index (χ4n) is 3.75. The molecule has 0 bridgehead atoms. The van der Waals surface area contributed by atoms with Gasteiger partial charge in [-0.05, 0) is 35.9 Å². The van der Waals surface area contributed by atoms with E-state index >= 15 is 0 Å². The third-order valence-corrected chi connectivity index (χ3v) is 5.42. The summed E-state index contributed by atoms with van der Waals surface area (Å²) in [5.41, 5.74) is 1.66. The molecule has 1 fully saturated rings. The van der Waals surface area contributed by atoms with Crippen LogP contribution in [0.15, 0.2) is 30.3 Å². The molecule has 1 amide bonds. The van der Waals surface area contributed by atoms with E-state index in [4.69, 9.17) is 23.7 Å². The minimum atomic E-state index is -0.00612. The molecule has 0 aliphatic carbocycles. The van der Waals surface area contributed by atoms with Crippen molar-refractivity contribution in [2.45, 2.75) is 6.54 Å². The number of halogens is 1. The van der Waals surface area contributed by atoms with Gasteiger partial charge in [0.1, 0.15) is 0 Å². The first kappa shape index (κ1) is 25.4. The number of rotatable bonds is 8. The van der Waals surface area contributed by atoms with Crippen molar-refractivity contribution >= 4 is 18.3 Å². The van der Waals surface area contributed by atoms with Crippen molar-refractivity contribution in [3.05, 3.63) is 41.5 Å². The molecule has 2 aromatic rings. The van der Waals surface area contributed by atoms with Crippen LogP contribution in [0.2, 0.25) is 0 Å². The number of benzene rings is 2. The lowest BCUT2D eigenvalue weighted by Crippen LogP contribution is -2.48. The molecule has 3 rings (SSSR count). The van der Waals surface area contributed by atoms with Crippen molar-refractivity contribution in [3.63, 3.8) is 0 Å². The fraction of sp³-hybridized carbons (Fsp3) is 0.435. The lowest BCUT2D eigenvalue weighted by Gasteiger charge is -2.35. The molecule has 0 unspecified atom stereocenters. The van der Waals surface area contributed by atoms with Crippen LogP contribution in [0.4, 0.5) is 0 Å². The zero-order valence-corrected chi connectivity index (χ0v) is 20.0. The Morgan fingerprint density at radius 1 is 0.750 bits per heavy atom. The lowest BCUT2D eigenvalue weighted by atomic mass is 10.1. The van der Waals surface area contributed by atoms with Crippen LogP contribution in [0.25, 0.3) is 0 Å². The molecule has 176 valence electrons. The van der Waals surface area contributed by atoms with Crippen LogP contribution < -0.4 is 23.7 Å². The first-order chi connectivity index (χ1) is 15.0. The highest BCUT2D eigenvalue weighted by atomic mass is 35.5. The molecule has 8 nitrogen and oxygen atoms in total. The number of amides is 1. The number of nitrogens with zero attached hydrogens (tertiary/aromatic N) is 2. The minimum absolute atomic E-state index is 0. The molecular weight excluding hydrogens is 436 g/mol. The summed E-state index contributed by atoms with van der Waals surface area (Å²) in [6, 6.07) is 9.17. The Balaban J connectivity index is 0.00000363. The third kappa shape index (κ3) is 5.49. The van der Waals surface area contributed by atoms with E-state index in [2.05, 4.69) is 4.90 Å². The fourth-order valence-corrected chi connectivity index (χ4v) is 3.75. The van der Waals surface area contributed by atoms with Crippen LogP contribution in [-0.2, 0) is 6.54 Å². The highest BCUT2D eigenvalue weighted by Crippen LogP contribution is 2.38. The molecule has 0 aromatic heterocycles. The quantitative estimate of drug-likeness (QED) is 0.592. The zero-order valence-electron chi connectivity index (χ0n) is 19.2. The molecule has 1 aliphatic heterocycles. The summed E-state index contributed by atoms with van der Waals surface area (Å²) in [7, 11) is 7.95. The molecule has 0 saturated carbocycles. The normalized spacial score (nSPS) is 13.7. The summed E-state index contributed by atoms with van der Waals surface area (Å²) >= 11 is 0. The van der Waals surface area contributed by atoms with E-state index in [1.807, 2.05) is 17.0 Å². The predicted octanol–water partition coefficient (Wildman–Crippen LogP) is 3.11. The van der Waals surface area contributed by atoms with Crippen LogP contribution in [0.3, 0.4) is 0 Å². The maximum Gasteiger partial charge on any atom is 0.254 e. The summed E-state index contributed by atoms with van der Waals surface area (Å²) < 4.78 is 26.9. The van der Waals surface area contributed by atoms with Crippen molar-refractivity contribution in [3.8, 4) is 28.7 Å². The number of hydrogen-bond donors (Lipinski definition) is 0.